The van der Waals surface area contributed by atoms with Crippen LogP contribution in [0.5, 0.6) is 0 Å². The number of nitrogens with two attached hydrogens (primary N) is 3. The Bertz CT molecular complexity index is 591. The standard InChI is InChI=1S/2C9H14N2/c1-7(2)11-9-6-4-3-5-8(9)10;1-6(2)7-4-3-5-8(10)9(7)11/h3-7,11H,10H2,1-2H3;3-6H,10-11H2,1-2H3. The van der Waals surface area contributed by atoms with Crippen LogP contribution in [0, 0.1) is 0 Å². The van der Waals surface area contributed by atoms with Gasteiger partial charge in [-0.1, -0.05) is 38.1 Å². The van der Waals surface area contributed by atoms with E-state index in [-0.39, 0.29) is 0 Å². The minimum Gasteiger partial charge on any atom is -0.397 e. The third-order valence-electron chi connectivity index (χ3n) is 3.20. The fourth-order valence-electron chi connectivity index (χ4n) is 2.04. The van der Waals surface area contributed by atoms with Gasteiger partial charge < -0.3 is 22.5 Å². The van der Waals surface area contributed by atoms with Crippen LogP contribution in [0.4, 0.5) is 22.7 Å². The lowest BCUT2D eigenvalue weighted by Gasteiger charge is -2.11. The smallest absolute Gasteiger partial charge is 0.0582 e. The summed E-state index contributed by atoms with van der Waals surface area (Å²) in [6.07, 6.45) is 0. The fraction of sp³-hybridized carbons (Fsp3) is 0.333. The van der Waals surface area contributed by atoms with Crippen molar-refractivity contribution in [3.63, 3.8) is 0 Å². The molecule has 4 nitrogen and oxygen atoms in total. The molecule has 0 bridgehead atoms. The van der Waals surface area contributed by atoms with Crippen LogP contribution in [0.25, 0.3) is 0 Å². The lowest BCUT2D eigenvalue weighted by molar-refractivity contribution is 0.870. The third kappa shape index (κ3) is 5.20. The van der Waals surface area contributed by atoms with E-state index in [0.717, 1.165) is 22.6 Å². The first-order chi connectivity index (χ1) is 10.3. The Morgan fingerprint density at radius 2 is 1.36 bits per heavy atom. The molecule has 0 unspecified atom stereocenters. The first-order valence-corrected chi connectivity index (χ1v) is 7.57. The number of nitrogens with one attached hydrogen (secondary N) is 1. The van der Waals surface area contributed by atoms with E-state index >= 15 is 0 Å². The second-order valence-electron chi connectivity index (χ2n) is 5.89. The molecule has 0 fully saturated rings. The summed E-state index contributed by atoms with van der Waals surface area (Å²) in [5.74, 6) is 0.443. The van der Waals surface area contributed by atoms with E-state index in [1.54, 1.807) is 0 Å². The van der Waals surface area contributed by atoms with Gasteiger partial charge in [0.1, 0.15) is 0 Å². The monoisotopic (exact) mass is 300 g/mol. The molecule has 2 aromatic carbocycles. The number of benzene rings is 2. The molecule has 0 radical (unpaired) electrons. The molecule has 0 aromatic heterocycles. The van der Waals surface area contributed by atoms with E-state index in [1.165, 1.54) is 0 Å². The number of para-hydroxylation sites is 3. The van der Waals surface area contributed by atoms with Gasteiger partial charge in [-0.2, -0.15) is 0 Å². The molecular formula is C18H28N4. The number of anilines is 4. The normalized spacial score (nSPS) is 10.3. The molecule has 0 heterocycles. The molecule has 0 spiro atoms. The molecule has 2 aromatic rings. The van der Waals surface area contributed by atoms with Crippen molar-refractivity contribution in [1.29, 1.82) is 0 Å². The number of rotatable bonds is 3. The predicted molar refractivity (Wildman–Crippen MR) is 99.0 cm³/mol. The average molecular weight is 300 g/mol. The first-order valence-electron chi connectivity index (χ1n) is 7.57. The molecule has 0 aliphatic carbocycles. The molecular weight excluding hydrogens is 272 g/mol. The largest absolute Gasteiger partial charge is 0.397 e. The van der Waals surface area contributed by atoms with Crippen molar-refractivity contribution < 1.29 is 0 Å². The van der Waals surface area contributed by atoms with Gasteiger partial charge in [0.05, 0.1) is 22.7 Å². The zero-order valence-corrected chi connectivity index (χ0v) is 13.9. The minimum absolute atomic E-state index is 0.430. The van der Waals surface area contributed by atoms with Crippen LogP contribution >= 0.6 is 0 Å². The van der Waals surface area contributed by atoms with E-state index in [0.29, 0.717) is 17.6 Å². The topological polar surface area (TPSA) is 90.1 Å². The van der Waals surface area contributed by atoms with Gasteiger partial charge in [-0.15, -0.1) is 0 Å². The Morgan fingerprint density at radius 3 is 1.86 bits per heavy atom. The molecule has 0 saturated heterocycles. The highest BCUT2D eigenvalue weighted by molar-refractivity contribution is 5.68. The van der Waals surface area contributed by atoms with Gasteiger partial charge in [-0.25, -0.2) is 0 Å². The summed E-state index contributed by atoms with van der Waals surface area (Å²) in [7, 11) is 0. The van der Waals surface area contributed by atoms with Crippen LogP contribution in [0.2, 0.25) is 0 Å². The van der Waals surface area contributed by atoms with Crippen molar-refractivity contribution in [2.24, 2.45) is 0 Å². The quantitative estimate of drug-likeness (QED) is 0.643. The van der Waals surface area contributed by atoms with E-state index in [4.69, 9.17) is 17.2 Å². The summed E-state index contributed by atoms with van der Waals surface area (Å²) in [4.78, 5) is 0. The minimum atomic E-state index is 0.430. The summed E-state index contributed by atoms with van der Waals surface area (Å²) in [6.45, 7) is 8.38. The summed E-state index contributed by atoms with van der Waals surface area (Å²) in [5.41, 5.74) is 21.5. The van der Waals surface area contributed by atoms with Gasteiger partial charge in [-0.3, -0.25) is 0 Å². The molecule has 4 heteroatoms. The van der Waals surface area contributed by atoms with Crippen LogP contribution < -0.4 is 22.5 Å². The maximum atomic E-state index is 5.76. The summed E-state index contributed by atoms with van der Waals surface area (Å²) < 4.78 is 0. The van der Waals surface area contributed by atoms with E-state index in [9.17, 15) is 0 Å². The van der Waals surface area contributed by atoms with Crippen LogP contribution in [-0.4, -0.2) is 6.04 Å². The SMILES string of the molecule is CC(C)Nc1ccccc1N.CC(C)c1cccc(N)c1N. The van der Waals surface area contributed by atoms with Crippen LogP contribution in [0.15, 0.2) is 42.5 Å². The Morgan fingerprint density at radius 1 is 0.773 bits per heavy atom. The van der Waals surface area contributed by atoms with Crippen molar-refractivity contribution in [3.8, 4) is 0 Å². The predicted octanol–water partition coefficient (Wildman–Crippen LogP) is 4.06. The zero-order valence-electron chi connectivity index (χ0n) is 13.9. The molecule has 2 rings (SSSR count). The second-order valence-corrected chi connectivity index (χ2v) is 5.89. The highest BCUT2D eigenvalue weighted by Crippen LogP contribution is 2.25. The molecule has 0 aliphatic heterocycles. The maximum Gasteiger partial charge on any atom is 0.0582 e. The Hall–Kier alpha value is -2.36. The molecule has 0 amide bonds. The zero-order chi connectivity index (χ0) is 16.7. The van der Waals surface area contributed by atoms with Gasteiger partial charge in [0.25, 0.3) is 0 Å². The number of hydrogen-bond donors (Lipinski definition) is 4. The van der Waals surface area contributed by atoms with Crippen LogP contribution in [0.3, 0.4) is 0 Å². The van der Waals surface area contributed by atoms with Gasteiger partial charge in [0.15, 0.2) is 0 Å². The van der Waals surface area contributed by atoms with Gasteiger partial charge >= 0.3 is 0 Å². The number of nitrogen functional groups attached to an aromatic ring is 3. The lowest BCUT2D eigenvalue weighted by atomic mass is 10.0. The van der Waals surface area contributed by atoms with E-state index in [2.05, 4.69) is 33.0 Å². The fourth-order valence-corrected chi connectivity index (χ4v) is 2.04. The third-order valence-corrected chi connectivity index (χ3v) is 3.20. The average Bonchev–Trinajstić information content (AvgIpc) is 2.44. The van der Waals surface area contributed by atoms with Crippen LogP contribution in [-0.2, 0) is 0 Å². The Kier molecular flexibility index (Phi) is 6.57. The summed E-state index contributed by atoms with van der Waals surface area (Å²) >= 11 is 0. The van der Waals surface area contributed by atoms with Crippen molar-refractivity contribution in [2.75, 3.05) is 22.5 Å². The Balaban J connectivity index is 0.000000220. The Labute approximate surface area is 133 Å². The van der Waals surface area contributed by atoms with Gasteiger partial charge in [0, 0.05) is 6.04 Å². The molecule has 0 atom stereocenters. The first kappa shape index (κ1) is 17.7. The number of hydrogen-bond acceptors (Lipinski definition) is 4. The van der Waals surface area contributed by atoms with E-state index in [1.807, 2.05) is 42.5 Å². The molecule has 120 valence electrons. The van der Waals surface area contributed by atoms with Crippen molar-refractivity contribution in [3.05, 3.63) is 48.0 Å². The summed E-state index contributed by atoms with van der Waals surface area (Å²) in [6, 6.07) is 14.0. The highest BCUT2D eigenvalue weighted by atomic mass is 14.9. The van der Waals surface area contributed by atoms with Gasteiger partial charge in [-0.05, 0) is 43.5 Å². The van der Waals surface area contributed by atoms with Crippen LogP contribution in [0.1, 0.15) is 39.2 Å². The molecule has 22 heavy (non-hydrogen) atoms. The molecule has 0 saturated carbocycles. The second kappa shape index (κ2) is 8.17. The van der Waals surface area contributed by atoms with Crippen molar-refractivity contribution in [1.82, 2.24) is 0 Å². The maximum absolute atomic E-state index is 5.76. The summed E-state index contributed by atoms with van der Waals surface area (Å²) in [5, 5.41) is 3.25. The lowest BCUT2D eigenvalue weighted by Crippen LogP contribution is -2.10. The molecule has 7 N–H and O–H groups in total. The van der Waals surface area contributed by atoms with E-state index < -0.39 is 0 Å². The highest BCUT2D eigenvalue weighted by Gasteiger charge is 2.04. The van der Waals surface area contributed by atoms with Crippen molar-refractivity contribution >= 4 is 22.7 Å². The molecule has 0 aliphatic rings. The van der Waals surface area contributed by atoms with Gasteiger partial charge in [0.2, 0.25) is 0 Å². The van der Waals surface area contributed by atoms with Crippen molar-refractivity contribution in [2.45, 2.75) is 39.7 Å².